The molecule has 4 aromatic rings. The normalized spacial score (nSPS) is 12.0. The number of alkyl halides is 3. The minimum atomic E-state index is -4.37. The maximum atomic E-state index is 12.9. The summed E-state index contributed by atoms with van der Waals surface area (Å²) in [6.07, 6.45) is -4.37. The monoisotopic (exact) mass is 323 g/mol. The summed E-state index contributed by atoms with van der Waals surface area (Å²) in [5, 5.41) is 2.78. The largest absolute Gasteiger partial charge is 0.416 e. The number of pyridine rings is 1. The van der Waals surface area contributed by atoms with E-state index in [1.807, 2.05) is 48.5 Å². The predicted octanol–water partition coefficient (Wildman–Crippen LogP) is 6.07. The van der Waals surface area contributed by atoms with E-state index >= 15 is 0 Å². The van der Waals surface area contributed by atoms with Crippen molar-refractivity contribution in [3.8, 4) is 11.3 Å². The summed E-state index contributed by atoms with van der Waals surface area (Å²) in [5.74, 6) is 0. The van der Waals surface area contributed by atoms with Gasteiger partial charge in [0.1, 0.15) is 0 Å². The van der Waals surface area contributed by atoms with Crippen molar-refractivity contribution in [2.75, 3.05) is 0 Å². The number of fused-ring (bicyclic) bond motifs is 2. The van der Waals surface area contributed by atoms with E-state index in [-0.39, 0.29) is 0 Å². The molecule has 0 atom stereocenters. The SMILES string of the molecule is FC(F)(F)c1ccc2ccc(-c3cccc4ccccc34)nc2c1. The smallest absolute Gasteiger partial charge is 0.248 e. The van der Waals surface area contributed by atoms with Gasteiger partial charge in [-0.15, -0.1) is 0 Å². The third kappa shape index (κ3) is 2.50. The van der Waals surface area contributed by atoms with Crippen LogP contribution in [0.15, 0.2) is 72.8 Å². The molecule has 4 heteroatoms. The van der Waals surface area contributed by atoms with Gasteiger partial charge in [0.25, 0.3) is 0 Å². The Bertz CT molecular complexity index is 1050. The highest BCUT2D eigenvalue weighted by Gasteiger charge is 2.30. The first-order chi connectivity index (χ1) is 11.5. The van der Waals surface area contributed by atoms with E-state index in [9.17, 15) is 13.2 Å². The van der Waals surface area contributed by atoms with E-state index in [1.54, 1.807) is 6.07 Å². The number of nitrogens with zero attached hydrogens (tertiary/aromatic N) is 1. The van der Waals surface area contributed by atoms with Crippen molar-refractivity contribution >= 4 is 21.7 Å². The van der Waals surface area contributed by atoms with E-state index in [1.165, 1.54) is 6.07 Å². The van der Waals surface area contributed by atoms with Crippen LogP contribution in [0.4, 0.5) is 13.2 Å². The second-order valence-corrected chi connectivity index (χ2v) is 5.63. The minimum absolute atomic E-state index is 0.343. The lowest BCUT2D eigenvalue weighted by atomic mass is 10.0. The Morgan fingerprint density at radius 3 is 2.29 bits per heavy atom. The lowest BCUT2D eigenvalue weighted by molar-refractivity contribution is -0.137. The maximum Gasteiger partial charge on any atom is 0.416 e. The molecule has 0 N–H and O–H groups in total. The Morgan fingerprint density at radius 1 is 0.708 bits per heavy atom. The van der Waals surface area contributed by atoms with Crippen molar-refractivity contribution in [1.29, 1.82) is 0 Å². The van der Waals surface area contributed by atoms with Crippen molar-refractivity contribution in [2.45, 2.75) is 6.18 Å². The number of hydrogen-bond donors (Lipinski definition) is 0. The van der Waals surface area contributed by atoms with Crippen molar-refractivity contribution in [2.24, 2.45) is 0 Å². The molecule has 118 valence electrons. The zero-order chi connectivity index (χ0) is 16.7. The lowest BCUT2D eigenvalue weighted by Gasteiger charge is -2.10. The molecule has 0 radical (unpaired) electrons. The molecule has 0 saturated carbocycles. The Labute approximate surface area is 136 Å². The lowest BCUT2D eigenvalue weighted by Crippen LogP contribution is -2.04. The predicted molar refractivity (Wildman–Crippen MR) is 89.7 cm³/mol. The molecule has 0 spiro atoms. The highest BCUT2D eigenvalue weighted by atomic mass is 19.4. The first kappa shape index (κ1) is 14.7. The highest BCUT2D eigenvalue weighted by Crippen LogP contribution is 2.33. The van der Waals surface area contributed by atoms with E-state index in [2.05, 4.69) is 4.98 Å². The molecule has 0 amide bonds. The van der Waals surface area contributed by atoms with Gasteiger partial charge in [0.2, 0.25) is 0 Å². The first-order valence-corrected chi connectivity index (χ1v) is 7.48. The van der Waals surface area contributed by atoms with Gasteiger partial charge in [-0.2, -0.15) is 13.2 Å². The van der Waals surface area contributed by atoms with Gasteiger partial charge in [-0.1, -0.05) is 54.6 Å². The van der Waals surface area contributed by atoms with E-state index < -0.39 is 11.7 Å². The van der Waals surface area contributed by atoms with Crippen LogP contribution in [0.3, 0.4) is 0 Å². The Hall–Kier alpha value is -2.88. The van der Waals surface area contributed by atoms with Crippen LogP contribution in [0.5, 0.6) is 0 Å². The number of halogens is 3. The van der Waals surface area contributed by atoms with Gasteiger partial charge in [-0.25, -0.2) is 4.98 Å². The van der Waals surface area contributed by atoms with Gasteiger partial charge in [0.15, 0.2) is 0 Å². The van der Waals surface area contributed by atoms with Gasteiger partial charge < -0.3 is 0 Å². The van der Waals surface area contributed by atoms with Gasteiger partial charge in [-0.3, -0.25) is 0 Å². The average Bonchev–Trinajstić information content (AvgIpc) is 2.59. The van der Waals surface area contributed by atoms with E-state index in [4.69, 9.17) is 0 Å². The molecule has 0 fully saturated rings. The summed E-state index contributed by atoms with van der Waals surface area (Å²) in [7, 11) is 0. The quantitative estimate of drug-likeness (QED) is 0.414. The Balaban J connectivity index is 1.93. The average molecular weight is 323 g/mol. The number of rotatable bonds is 1. The summed E-state index contributed by atoms with van der Waals surface area (Å²) < 4.78 is 38.8. The van der Waals surface area contributed by atoms with Crippen LogP contribution >= 0.6 is 0 Å². The van der Waals surface area contributed by atoms with Crippen LogP contribution in [-0.2, 0) is 6.18 Å². The second kappa shape index (κ2) is 5.34. The van der Waals surface area contributed by atoms with Crippen LogP contribution < -0.4 is 0 Å². The van der Waals surface area contributed by atoms with E-state index in [0.29, 0.717) is 16.6 Å². The summed E-state index contributed by atoms with van der Waals surface area (Å²) in [5.41, 5.74) is 1.24. The molecule has 1 nitrogen and oxygen atoms in total. The number of aromatic nitrogens is 1. The van der Waals surface area contributed by atoms with E-state index in [0.717, 1.165) is 28.5 Å². The molecule has 4 rings (SSSR count). The van der Waals surface area contributed by atoms with Gasteiger partial charge in [0.05, 0.1) is 16.8 Å². The zero-order valence-electron chi connectivity index (χ0n) is 12.5. The molecule has 3 aromatic carbocycles. The molecule has 0 unspecified atom stereocenters. The fourth-order valence-corrected chi connectivity index (χ4v) is 2.89. The molecule has 0 saturated heterocycles. The summed E-state index contributed by atoms with van der Waals surface area (Å²) in [6, 6.07) is 21.0. The molecule has 24 heavy (non-hydrogen) atoms. The van der Waals surface area contributed by atoms with Crippen LogP contribution in [-0.4, -0.2) is 4.98 Å². The zero-order valence-corrected chi connectivity index (χ0v) is 12.5. The standard InChI is InChI=1S/C20H12F3N/c21-20(22,23)15-10-8-14-9-11-18(24-19(14)12-15)17-7-3-5-13-4-1-2-6-16(13)17/h1-12H. The minimum Gasteiger partial charge on any atom is -0.248 e. The van der Waals surface area contributed by atoms with Crippen LogP contribution in [0.25, 0.3) is 32.9 Å². The molecular formula is C20H12F3N. The molecule has 0 aliphatic carbocycles. The summed E-state index contributed by atoms with van der Waals surface area (Å²) in [6.45, 7) is 0. The second-order valence-electron chi connectivity index (χ2n) is 5.63. The topological polar surface area (TPSA) is 12.9 Å². The van der Waals surface area contributed by atoms with Crippen LogP contribution in [0.1, 0.15) is 5.56 Å². The van der Waals surface area contributed by atoms with Gasteiger partial charge in [-0.05, 0) is 29.0 Å². The number of hydrogen-bond acceptors (Lipinski definition) is 1. The Kier molecular flexibility index (Phi) is 3.27. The van der Waals surface area contributed by atoms with Crippen molar-refractivity contribution < 1.29 is 13.2 Å². The molecule has 1 heterocycles. The first-order valence-electron chi connectivity index (χ1n) is 7.48. The fraction of sp³-hybridized carbons (Fsp3) is 0.0500. The van der Waals surface area contributed by atoms with Crippen LogP contribution in [0.2, 0.25) is 0 Å². The van der Waals surface area contributed by atoms with Gasteiger partial charge >= 0.3 is 6.18 Å². The maximum absolute atomic E-state index is 12.9. The highest BCUT2D eigenvalue weighted by molar-refractivity contribution is 5.96. The Morgan fingerprint density at radius 2 is 1.46 bits per heavy atom. The molecule has 0 aliphatic heterocycles. The van der Waals surface area contributed by atoms with Crippen molar-refractivity contribution in [1.82, 2.24) is 4.98 Å². The molecule has 0 bridgehead atoms. The molecule has 1 aromatic heterocycles. The third-order valence-electron chi connectivity index (χ3n) is 4.09. The molecular weight excluding hydrogens is 311 g/mol. The summed E-state index contributed by atoms with van der Waals surface area (Å²) >= 11 is 0. The van der Waals surface area contributed by atoms with Crippen LogP contribution in [0, 0.1) is 0 Å². The summed E-state index contributed by atoms with van der Waals surface area (Å²) in [4.78, 5) is 4.47. The van der Waals surface area contributed by atoms with Crippen molar-refractivity contribution in [3.05, 3.63) is 78.4 Å². The number of benzene rings is 3. The van der Waals surface area contributed by atoms with Crippen molar-refractivity contribution in [3.63, 3.8) is 0 Å². The third-order valence-corrected chi connectivity index (χ3v) is 4.09. The fourth-order valence-electron chi connectivity index (χ4n) is 2.89. The van der Waals surface area contributed by atoms with Gasteiger partial charge in [0, 0.05) is 10.9 Å². The molecule has 0 aliphatic rings.